The van der Waals surface area contributed by atoms with Crippen molar-refractivity contribution in [3.05, 3.63) is 29.5 Å². The summed E-state index contributed by atoms with van der Waals surface area (Å²) in [6.45, 7) is 2.15. The van der Waals surface area contributed by atoms with E-state index >= 15 is 0 Å². The topological polar surface area (TPSA) is 50.7 Å². The van der Waals surface area contributed by atoms with E-state index in [1.807, 2.05) is 13.2 Å². The minimum Gasteiger partial charge on any atom is -0.312 e. The monoisotopic (exact) mass is 266 g/mol. The molecule has 0 aliphatic carbocycles. The molecule has 0 bridgehead atoms. The first kappa shape index (κ1) is 12.5. The first-order valence-electron chi connectivity index (χ1n) is 5.40. The van der Waals surface area contributed by atoms with E-state index in [2.05, 4.69) is 39.6 Å². The number of nitrogens with zero attached hydrogens (tertiary/aromatic N) is 3. The molecule has 2 rings (SSSR count). The Labute approximate surface area is 109 Å². The predicted octanol–water partition coefficient (Wildman–Crippen LogP) is 2.75. The van der Waals surface area contributed by atoms with E-state index < -0.39 is 0 Å². The fourth-order valence-corrected chi connectivity index (χ4v) is 2.95. The average molecular weight is 266 g/mol. The lowest BCUT2D eigenvalue weighted by molar-refractivity contribution is 0.561. The van der Waals surface area contributed by atoms with Gasteiger partial charge >= 0.3 is 0 Å². The fourth-order valence-electron chi connectivity index (χ4n) is 1.53. The molecule has 0 aliphatic rings. The molecule has 1 unspecified atom stereocenters. The third-order valence-electron chi connectivity index (χ3n) is 2.42. The molecule has 0 saturated heterocycles. The Kier molecular flexibility index (Phi) is 4.47. The van der Waals surface area contributed by atoms with Crippen LogP contribution in [-0.4, -0.2) is 22.2 Å². The van der Waals surface area contributed by atoms with Crippen molar-refractivity contribution < 1.29 is 0 Å². The van der Waals surface area contributed by atoms with Gasteiger partial charge in [0.25, 0.3) is 0 Å². The van der Waals surface area contributed by atoms with Gasteiger partial charge in [-0.2, -0.15) is 0 Å². The molecule has 1 N–H and O–H groups in total. The number of aromatic nitrogens is 3. The van der Waals surface area contributed by atoms with Gasteiger partial charge in [0.15, 0.2) is 4.34 Å². The zero-order valence-corrected chi connectivity index (χ0v) is 11.4. The fraction of sp³-hybridized carbons (Fsp3) is 0.364. The molecule has 4 nitrogen and oxygen atoms in total. The highest BCUT2D eigenvalue weighted by molar-refractivity contribution is 8.01. The number of pyridine rings is 1. The number of hydrogen-bond donors (Lipinski definition) is 1. The SMILES string of the molecule is CCC(NC)c1ccc(Sc2nncs2)cn1. The van der Waals surface area contributed by atoms with Crippen molar-refractivity contribution in [1.82, 2.24) is 20.5 Å². The maximum absolute atomic E-state index is 4.47. The van der Waals surface area contributed by atoms with Crippen molar-refractivity contribution in [2.45, 2.75) is 28.6 Å². The van der Waals surface area contributed by atoms with Crippen LogP contribution in [0.3, 0.4) is 0 Å². The first-order chi connectivity index (χ1) is 8.33. The maximum Gasteiger partial charge on any atom is 0.178 e. The molecule has 0 saturated carbocycles. The lowest BCUT2D eigenvalue weighted by Gasteiger charge is -2.12. The van der Waals surface area contributed by atoms with Gasteiger partial charge < -0.3 is 5.32 Å². The van der Waals surface area contributed by atoms with Crippen molar-refractivity contribution >= 4 is 23.1 Å². The molecule has 1 atom stereocenters. The van der Waals surface area contributed by atoms with Gasteiger partial charge in [0, 0.05) is 17.1 Å². The third kappa shape index (κ3) is 3.24. The summed E-state index contributed by atoms with van der Waals surface area (Å²) in [7, 11) is 1.96. The Hall–Kier alpha value is -0.980. The van der Waals surface area contributed by atoms with Crippen LogP contribution in [0, 0.1) is 0 Å². The standard InChI is InChI=1S/C11H14N4S2/c1-3-9(12-2)10-5-4-8(6-13-10)17-11-15-14-7-16-11/h4-7,9,12H,3H2,1-2H3. The molecule has 0 spiro atoms. The average Bonchev–Trinajstić information content (AvgIpc) is 2.86. The van der Waals surface area contributed by atoms with Crippen LogP contribution in [0.2, 0.25) is 0 Å². The highest BCUT2D eigenvalue weighted by Crippen LogP contribution is 2.28. The number of hydrogen-bond acceptors (Lipinski definition) is 6. The maximum atomic E-state index is 4.47. The van der Waals surface area contributed by atoms with Crippen LogP contribution in [0.15, 0.2) is 33.1 Å². The van der Waals surface area contributed by atoms with Gasteiger partial charge in [0.1, 0.15) is 5.51 Å². The van der Waals surface area contributed by atoms with Gasteiger partial charge in [-0.15, -0.1) is 10.2 Å². The molecule has 0 amide bonds. The molecule has 0 aliphatic heterocycles. The van der Waals surface area contributed by atoms with E-state index in [4.69, 9.17) is 0 Å². The van der Waals surface area contributed by atoms with Crippen LogP contribution in [-0.2, 0) is 0 Å². The van der Waals surface area contributed by atoms with E-state index in [0.717, 1.165) is 21.3 Å². The Bertz CT molecular complexity index is 437. The second-order valence-corrected chi connectivity index (χ2v) is 5.63. The van der Waals surface area contributed by atoms with E-state index in [-0.39, 0.29) is 0 Å². The molecular formula is C11H14N4S2. The Morgan fingerprint density at radius 3 is 2.88 bits per heavy atom. The van der Waals surface area contributed by atoms with Crippen LogP contribution in [0.1, 0.15) is 25.1 Å². The molecular weight excluding hydrogens is 252 g/mol. The highest BCUT2D eigenvalue weighted by Gasteiger charge is 2.08. The Morgan fingerprint density at radius 2 is 2.35 bits per heavy atom. The molecule has 90 valence electrons. The summed E-state index contributed by atoms with van der Waals surface area (Å²) in [5.74, 6) is 0. The van der Waals surface area contributed by atoms with Crippen molar-refractivity contribution in [1.29, 1.82) is 0 Å². The van der Waals surface area contributed by atoms with Crippen molar-refractivity contribution in [3.8, 4) is 0 Å². The number of rotatable bonds is 5. The van der Waals surface area contributed by atoms with E-state index in [1.54, 1.807) is 17.3 Å². The summed E-state index contributed by atoms with van der Waals surface area (Å²) in [5.41, 5.74) is 2.81. The molecule has 0 aromatic carbocycles. The Balaban J connectivity index is 2.07. The molecule has 17 heavy (non-hydrogen) atoms. The van der Waals surface area contributed by atoms with Crippen LogP contribution in [0.25, 0.3) is 0 Å². The van der Waals surface area contributed by atoms with Crippen molar-refractivity contribution in [2.24, 2.45) is 0 Å². The lowest BCUT2D eigenvalue weighted by atomic mass is 10.1. The van der Waals surface area contributed by atoms with Crippen LogP contribution < -0.4 is 5.32 Å². The number of nitrogens with one attached hydrogen (secondary N) is 1. The summed E-state index contributed by atoms with van der Waals surface area (Å²) in [6, 6.07) is 4.47. The van der Waals surface area contributed by atoms with Gasteiger partial charge in [0.05, 0.1) is 5.69 Å². The minimum absolute atomic E-state index is 0.329. The zero-order valence-electron chi connectivity index (χ0n) is 9.75. The molecule has 2 aromatic heterocycles. The molecule has 6 heteroatoms. The van der Waals surface area contributed by atoms with Gasteiger partial charge in [-0.3, -0.25) is 4.98 Å². The van der Waals surface area contributed by atoms with Gasteiger partial charge in [-0.25, -0.2) is 0 Å². The second kappa shape index (κ2) is 6.09. The van der Waals surface area contributed by atoms with Gasteiger partial charge in [-0.1, -0.05) is 30.0 Å². The van der Waals surface area contributed by atoms with Gasteiger partial charge in [0.2, 0.25) is 0 Å². The first-order valence-corrected chi connectivity index (χ1v) is 7.10. The predicted molar refractivity (Wildman–Crippen MR) is 70.4 cm³/mol. The van der Waals surface area contributed by atoms with Crippen molar-refractivity contribution in [3.63, 3.8) is 0 Å². The van der Waals surface area contributed by atoms with E-state index in [9.17, 15) is 0 Å². The quantitative estimate of drug-likeness (QED) is 0.902. The van der Waals surface area contributed by atoms with E-state index in [1.165, 1.54) is 11.3 Å². The highest BCUT2D eigenvalue weighted by atomic mass is 32.2. The largest absolute Gasteiger partial charge is 0.312 e. The minimum atomic E-state index is 0.329. The van der Waals surface area contributed by atoms with Gasteiger partial charge in [-0.05, 0) is 25.6 Å². The Morgan fingerprint density at radius 1 is 1.47 bits per heavy atom. The summed E-state index contributed by atoms with van der Waals surface area (Å²) in [6.07, 6.45) is 2.92. The second-order valence-electron chi connectivity index (χ2n) is 3.47. The summed E-state index contributed by atoms with van der Waals surface area (Å²) < 4.78 is 0.945. The molecule has 0 fully saturated rings. The van der Waals surface area contributed by atoms with Crippen LogP contribution in [0.5, 0.6) is 0 Å². The van der Waals surface area contributed by atoms with Crippen molar-refractivity contribution in [2.75, 3.05) is 7.05 Å². The van der Waals surface area contributed by atoms with E-state index in [0.29, 0.717) is 6.04 Å². The summed E-state index contributed by atoms with van der Waals surface area (Å²) in [4.78, 5) is 5.57. The summed E-state index contributed by atoms with van der Waals surface area (Å²) in [5, 5.41) is 11.0. The molecule has 2 aromatic rings. The smallest absolute Gasteiger partial charge is 0.178 e. The molecule has 0 radical (unpaired) electrons. The summed E-state index contributed by atoms with van der Waals surface area (Å²) >= 11 is 3.13. The molecule has 2 heterocycles. The third-order valence-corrected chi connectivity index (χ3v) is 4.17. The zero-order chi connectivity index (χ0) is 12.1. The van der Waals surface area contributed by atoms with Crippen LogP contribution >= 0.6 is 23.1 Å². The lowest BCUT2D eigenvalue weighted by Crippen LogP contribution is -2.16. The van der Waals surface area contributed by atoms with Crippen LogP contribution in [0.4, 0.5) is 0 Å². The normalized spacial score (nSPS) is 12.6.